The first-order chi connectivity index (χ1) is 6.37. The Labute approximate surface area is 88.5 Å². The fraction of sp³-hybridized carbons (Fsp3) is 0.455. The molecule has 0 fully saturated rings. The van der Waals surface area contributed by atoms with Crippen molar-refractivity contribution >= 4 is 11.6 Å². The first-order valence-electron chi connectivity index (χ1n) is 4.54. The topological polar surface area (TPSA) is 20.2 Å². The summed E-state index contributed by atoms with van der Waals surface area (Å²) in [5.74, 6) is -0.405. The Morgan fingerprint density at radius 2 is 1.71 bits per heavy atom. The first kappa shape index (κ1) is 11.3. The van der Waals surface area contributed by atoms with E-state index in [1.54, 1.807) is 6.92 Å². The molecule has 0 bridgehead atoms. The number of rotatable bonds is 1. The Morgan fingerprint density at radius 3 is 2.14 bits per heavy atom. The quantitative estimate of drug-likeness (QED) is 0.754. The smallest absolute Gasteiger partial charge is 0.140 e. The summed E-state index contributed by atoms with van der Waals surface area (Å²) in [5.41, 5.74) is 1.43. The van der Waals surface area contributed by atoms with Gasteiger partial charge in [-0.15, -0.1) is 0 Å². The zero-order chi connectivity index (χ0) is 11.0. The lowest BCUT2D eigenvalue weighted by Crippen LogP contribution is -2.00. The van der Waals surface area contributed by atoms with Gasteiger partial charge < -0.3 is 5.11 Å². The molecule has 1 aromatic carbocycles. The second-order valence-electron chi connectivity index (χ2n) is 3.79. The summed E-state index contributed by atoms with van der Waals surface area (Å²) in [6.45, 7) is 7.04. The van der Waals surface area contributed by atoms with Gasteiger partial charge in [-0.1, -0.05) is 25.4 Å². The molecule has 0 heterocycles. The van der Waals surface area contributed by atoms with Gasteiger partial charge in [-0.05, 0) is 30.9 Å². The van der Waals surface area contributed by atoms with E-state index in [0.717, 1.165) is 0 Å². The number of aromatic hydroxyl groups is 1. The lowest BCUT2D eigenvalue weighted by Gasteiger charge is -2.16. The zero-order valence-electron chi connectivity index (χ0n) is 8.78. The molecular weight excluding hydrogens is 203 g/mol. The van der Waals surface area contributed by atoms with Crippen LogP contribution in [0.1, 0.15) is 36.5 Å². The van der Waals surface area contributed by atoms with Gasteiger partial charge in [0.05, 0.1) is 5.02 Å². The minimum absolute atomic E-state index is 0.100. The van der Waals surface area contributed by atoms with Crippen molar-refractivity contribution in [2.75, 3.05) is 0 Å². The molecular formula is C11H14ClFO. The van der Waals surface area contributed by atoms with E-state index in [4.69, 9.17) is 11.6 Å². The molecule has 3 heteroatoms. The van der Waals surface area contributed by atoms with Crippen molar-refractivity contribution in [2.45, 2.75) is 33.6 Å². The third kappa shape index (κ3) is 1.59. The molecule has 0 radical (unpaired) electrons. The Hall–Kier alpha value is -0.760. The fourth-order valence-corrected chi connectivity index (χ4v) is 2.15. The summed E-state index contributed by atoms with van der Waals surface area (Å²) in [6.07, 6.45) is 0. The molecule has 1 aromatic rings. The molecule has 0 spiro atoms. The van der Waals surface area contributed by atoms with Gasteiger partial charge in [-0.2, -0.15) is 0 Å². The van der Waals surface area contributed by atoms with Crippen LogP contribution in [0, 0.1) is 19.7 Å². The van der Waals surface area contributed by atoms with Gasteiger partial charge in [0.25, 0.3) is 0 Å². The van der Waals surface area contributed by atoms with Crippen molar-refractivity contribution in [1.29, 1.82) is 0 Å². The molecule has 1 N–H and O–H groups in total. The third-order valence-corrected chi connectivity index (χ3v) is 2.82. The minimum atomic E-state index is -0.365. The highest BCUT2D eigenvalue weighted by molar-refractivity contribution is 6.33. The lowest BCUT2D eigenvalue weighted by atomic mass is 9.95. The maximum atomic E-state index is 13.6. The van der Waals surface area contributed by atoms with Gasteiger partial charge in [0.15, 0.2) is 0 Å². The van der Waals surface area contributed by atoms with E-state index in [1.807, 2.05) is 13.8 Å². The highest BCUT2D eigenvalue weighted by Crippen LogP contribution is 2.38. The van der Waals surface area contributed by atoms with Gasteiger partial charge in [-0.3, -0.25) is 0 Å². The van der Waals surface area contributed by atoms with E-state index in [1.165, 1.54) is 6.92 Å². The monoisotopic (exact) mass is 216 g/mol. The predicted octanol–water partition coefficient (Wildman–Crippen LogP) is 3.92. The van der Waals surface area contributed by atoms with Crippen molar-refractivity contribution in [3.8, 4) is 5.75 Å². The summed E-state index contributed by atoms with van der Waals surface area (Å²) >= 11 is 5.95. The summed E-state index contributed by atoms with van der Waals surface area (Å²) < 4.78 is 13.6. The van der Waals surface area contributed by atoms with Crippen LogP contribution in [-0.4, -0.2) is 5.11 Å². The van der Waals surface area contributed by atoms with Crippen molar-refractivity contribution in [3.05, 3.63) is 27.5 Å². The van der Waals surface area contributed by atoms with Crippen molar-refractivity contribution in [3.63, 3.8) is 0 Å². The number of halogens is 2. The van der Waals surface area contributed by atoms with Gasteiger partial charge in [0.1, 0.15) is 11.6 Å². The normalized spacial score (nSPS) is 11.1. The molecule has 0 aromatic heterocycles. The van der Waals surface area contributed by atoms with E-state index in [-0.39, 0.29) is 28.1 Å². The average Bonchev–Trinajstić information content (AvgIpc) is 2.11. The summed E-state index contributed by atoms with van der Waals surface area (Å²) in [4.78, 5) is 0. The second-order valence-corrected chi connectivity index (χ2v) is 4.17. The van der Waals surface area contributed by atoms with Crippen molar-refractivity contribution < 1.29 is 9.50 Å². The van der Waals surface area contributed by atoms with Crippen molar-refractivity contribution in [2.24, 2.45) is 0 Å². The van der Waals surface area contributed by atoms with Crippen LogP contribution in [0.25, 0.3) is 0 Å². The average molecular weight is 217 g/mol. The van der Waals surface area contributed by atoms with Crippen LogP contribution >= 0.6 is 11.6 Å². The molecule has 0 aliphatic heterocycles. The van der Waals surface area contributed by atoms with Gasteiger partial charge in [0, 0.05) is 5.56 Å². The summed E-state index contributed by atoms with van der Waals surface area (Å²) in [7, 11) is 0. The zero-order valence-corrected chi connectivity index (χ0v) is 9.54. The van der Waals surface area contributed by atoms with E-state index >= 15 is 0 Å². The molecule has 1 nitrogen and oxygen atoms in total. The fourth-order valence-electron chi connectivity index (χ4n) is 1.65. The maximum absolute atomic E-state index is 13.6. The highest BCUT2D eigenvalue weighted by Gasteiger charge is 2.19. The number of phenolic OH excluding ortho intramolecular Hbond substituents is 1. The molecule has 14 heavy (non-hydrogen) atoms. The van der Waals surface area contributed by atoms with Crippen LogP contribution in [0.5, 0.6) is 5.75 Å². The molecule has 1 rings (SSSR count). The number of benzene rings is 1. The molecule has 0 saturated carbocycles. The van der Waals surface area contributed by atoms with E-state index < -0.39 is 0 Å². The first-order valence-corrected chi connectivity index (χ1v) is 4.92. The number of phenols is 1. The number of hydrogen-bond donors (Lipinski definition) is 1. The third-order valence-electron chi connectivity index (χ3n) is 2.44. The van der Waals surface area contributed by atoms with Crippen LogP contribution in [0.4, 0.5) is 4.39 Å². The SMILES string of the molecule is Cc1c(O)c(Cl)c(C(C)C)c(C)c1F. The summed E-state index contributed by atoms with van der Waals surface area (Å²) in [5, 5.41) is 9.84. The van der Waals surface area contributed by atoms with E-state index in [9.17, 15) is 9.50 Å². The molecule has 0 atom stereocenters. The molecule has 0 unspecified atom stereocenters. The lowest BCUT2D eigenvalue weighted by molar-refractivity contribution is 0.460. The molecule has 0 saturated heterocycles. The maximum Gasteiger partial charge on any atom is 0.140 e. The van der Waals surface area contributed by atoms with E-state index in [2.05, 4.69) is 0 Å². The Balaban J connectivity index is 3.60. The highest BCUT2D eigenvalue weighted by atomic mass is 35.5. The largest absolute Gasteiger partial charge is 0.506 e. The second kappa shape index (κ2) is 3.77. The van der Waals surface area contributed by atoms with Crippen LogP contribution in [-0.2, 0) is 0 Å². The van der Waals surface area contributed by atoms with Crippen LogP contribution < -0.4 is 0 Å². The standard InChI is InChI=1S/C11H14ClFO/c1-5(2)8-6(3)10(13)7(4)11(14)9(8)12/h5,14H,1-4H3. The Bertz CT molecular complexity index is 343. The van der Waals surface area contributed by atoms with Crippen molar-refractivity contribution in [1.82, 2.24) is 0 Å². The summed E-state index contributed by atoms with van der Waals surface area (Å²) in [6, 6.07) is 0. The van der Waals surface area contributed by atoms with Crippen LogP contribution in [0.2, 0.25) is 5.02 Å². The molecule has 0 aliphatic rings. The van der Waals surface area contributed by atoms with Crippen LogP contribution in [0.15, 0.2) is 0 Å². The Morgan fingerprint density at radius 1 is 1.21 bits per heavy atom. The molecule has 0 amide bonds. The predicted molar refractivity (Wildman–Crippen MR) is 56.6 cm³/mol. The minimum Gasteiger partial charge on any atom is -0.506 e. The van der Waals surface area contributed by atoms with Gasteiger partial charge in [0.2, 0.25) is 0 Å². The van der Waals surface area contributed by atoms with Crippen LogP contribution in [0.3, 0.4) is 0 Å². The Kier molecular flexibility index (Phi) is 3.05. The number of hydrogen-bond acceptors (Lipinski definition) is 1. The molecule has 0 aliphatic carbocycles. The van der Waals surface area contributed by atoms with Gasteiger partial charge >= 0.3 is 0 Å². The van der Waals surface area contributed by atoms with E-state index in [0.29, 0.717) is 11.1 Å². The molecule has 78 valence electrons. The van der Waals surface area contributed by atoms with Gasteiger partial charge in [-0.25, -0.2) is 4.39 Å².